The predicted molar refractivity (Wildman–Crippen MR) is 50.3 cm³/mol. The van der Waals surface area contributed by atoms with Gasteiger partial charge in [-0.25, -0.2) is 0 Å². The lowest BCUT2D eigenvalue weighted by atomic mass is 10.3. The van der Waals surface area contributed by atoms with Gasteiger partial charge in [-0.05, 0) is 6.42 Å². The standard InChI is InChI=1S/C7H14N2O2S/c1-2-3-4-8-6(10)5-9-7(11)12/h2-5H2,1H3,(H,8,10)(H2,9,11,12). The maximum atomic E-state index is 10.9. The smallest absolute Gasteiger partial charge is 0.276 e. The largest absolute Gasteiger partial charge is 0.355 e. The van der Waals surface area contributed by atoms with Crippen molar-refractivity contribution in [3.63, 3.8) is 0 Å². The van der Waals surface area contributed by atoms with Crippen LogP contribution in [0.4, 0.5) is 4.79 Å². The molecule has 0 aliphatic carbocycles. The second-order valence-corrected chi connectivity index (χ2v) is 2.77. The normalized spacial score (nSPS) is 9.17. The van der Waals surface area contributed by atoms with Crippen molar-refractivity contribution in [1.82, 2.24) is 10.6 Å². The first-order valence-electron chi connectivity index (χ1n) is 3.90. The van der Waals surface area contributed by atoms with Crippen LogP contribution in [0.15, 0.2) is 0 Å². The molecule has 5 heteroatoms. The highest BCUT2D eigenvalue weighted by molar-refractivity contribution is 7.96. The van der Waals surface area contributed by atoms with Crippen molar-refractivity contribution in [1.29, 1.82) is 0 Å². The minimum absolute atomic E-state index is 0.00600. The van der Waals surface area contributed by atoms with Gasteiger partial charge in [0.25, 0.3) is 5.24 Å². The fourth-order valence-electron chi connectivity index (χ4n) is 0.623. The third kappa shape index (κ3) is 7.40. The molecule has 0 bridgehead atoms. The summed E-state index contributed by atoms with van der Waals surface area (Å²) >= 11 is 3.45. The van der Waals surface area contributed by atoms with Gasteiger partial charge < -0.3 is 10.6 Å². The van der Waals surface area contributed by atoms with Gasteiger partial charge >= 0.3 is 0 Å². The summed E-state index contributed by atoms with van der Waals surface area (Å²) in [6.07, 6.45) is 2.00. The lowest BCUT2D eigenvalue weighted by molar-refractivity contribution is -0.120. The molecule has 0 aromatic heterocycles. The van der Waals surface area contributed by atoms with Crippen molar-refractivity contribution in [2.24, 2.45) is 0 Å². The molecule has 4 nitrogen and oxygen atoms in total. The highest BCUT2D eigenvalue weighted by atomic mass is 32.1. The summed E-state index contributed by atoms with van der Waals surface area (Å²) in [5.74, 6) is -0.175. The lowest BCUT2D eigenvalue weighted by Crippen LogP contribution is -2.35. The Bertz CT molecular complexity index is 161. The minimum atomic E-state index is -0.486. The Labute approximate surface area is 77.5 Å². The van der Waals surface area contributed by atoms with Crippen molar-refractivity contribution in [3.8, 4) is 0 Å². The first-order chi connectivity index (χ1) is 5.66. The Kier molecular flexibility index (Phi) is 6.55. The topological polar surface area (TPSA) is 58.2 Å². The van der Waals surface area contributed by atoms with E-state index in [1.165, 1.54) is 0 Å². The molecule has 0 aliphatic rings. The molecule has 0 aromatic rings. The summed E-state index contributed by atoms with van der Waals surface area (Å²) in [7, 11) is 0. The fourth-order valence-corrected chi connectivity index (χ4v) is 0.702. The van der Waals surface area contributed by atoms with E-state index in [0.717, 1.165) is 12.8 Å². The number of amides is 2. The molecule has 0 radical (unpaired) electrons. The molecule has 0 aliphatic heterocycles. The van der Waals surface area contributed by atoms with Crippen LogP contribution in [0.1, 0.15) is 19.8 Å². The summed E-state index contributed by atoms with van der Waals surface area (Å²) in [5.41, 5.74) is 0. The van der Waals surface area contributed by atoms with Gasteiger partial charge in [-0.3, -0.25) is 9.59 Å². The van der Waals surface area contributed by atoms with Gasteiger partial charge in [0.2, 0.25) is 5.91 Å². The van der Waals surface area contributed by atoms with E-state index < -0.39 is 5.24 Å². The van der Waals surface area contributed by atoms with Crippen LogP contribution in [0.3, 0.4) is 0 Å². The zero-order valence-corrected chi connectivity index (χ0v) is 7.99. The number of hydrogen-bond acceptors (Lipinski definition) is 2. The maximum Gasteiger partial charge on any atom is 0.276 e. The molecule has 0 spiro atoms. The third-order valence-corrected chi connectivity index (χ3v) is 1.41. The first kappa shape index (κ1) is 11.3. The van der Waals surface area contributed by atoms with E-state index in [9.17, 15) is 9.59 Å². The zero-order chi connectivity index (χ0) is 9.40. The van der Waals surface area contributed by atoms with Crippen LogP contribution < -0.4 is 10.6 Å². The highest BCUT2D eigenvalue weighted by Crippen LogP contribution is 1.82. The van der Waals surface area contributed by atoms with Crippen LogP contribution in [0, 0.1) is 0 Å². The van der Waals surface area contributed by atoms with Crippen LogP contribution >= 0.6 is 12.6 Å². The second kappa shape index (κ2) is 6.97. The van der Waals surface area contributed by atoms with Crippen LogP contribution in [0.2, 0.25) is 0 Å². The summed E-state index contributed by atoms with van der Waals surface area (Å²) in [5, 5.41) is 4.45. The maximum absolute atomic E-state index is 10.9. The van der Waals surface area contributed by atoms with E-state index in [0.29, 0.717) is 6.54 Å². The number of hydrogen-bond donors (Lipinski definition) is 3. The van der Waals surface area contributed by atoms with Crippen LogP contribution in [-0.4, -0.2) is 24.2 Å². The molecule has 0 heterocycles. The van der Waals surface area contributed by atoms with E-state index in [1.807, 2.05) is 6.92 Å². The number of nitrogens with one attached hydrogen (secondary N) is 2. The summed E-state index contributed by atoms with van der Waals surface area (Å²) in [4.78, 5) is 21.1. The molecule has 2 amide bonds. The van der Waals surface area contributed by atoms with E-state index >= 15 is 0 Å². The van der Waals surface area contributed by atoms with E-state index in [2.05, 4.69) is 23.3 Å². The molecule has 0 saturated heterocycles. The summed E-state index contributed by atoms with van der Waals surface area (Å²) < 4.78 is 0. The second-order valence-electron chi connectivity index (χ2n) is 2.36. The van der Waals surface area contributed by atoms with E-state index in [1.54, 1.807) is 0 Å². The molecule has 0 atom stereocenters. The molecule has 0 saturated carbocycles. The number of carbonyl (C=O) groups excluding carboxylic acids is 2. The molecule has 12 heavy (non-hydrogen) atoms. The predicted octanol–water partition coefficient (Wildman–Crippen LogP) is 0.542. The molecular formula is C7H14N2O2S. The summed E-state index contributed by atoms with van der Waals surface area (Å²) in [6, 6.07) is 0. The van der Waals surface area contributed by atoms with Gasteiger partial charge in [0.05, 0.1) is 6.54 Å². The van der Waals surface area contributed by atoms with Crippen LogP contribution in [-0.2, 0) is 4.79 Å². The fraction of sp³-hybridized carbons (Fsp3) is 0.714. The highest BCUT2D eigenvalue weighted by Gasteiger charge is 1.99. The monoisotopic (exact) mass is 190 g/mol. The van der Waals surface area contributed by atoms with Crippen molar-refractivity contribution < 1.29 is 9.59 Å². The van der Waals surface area contributed by atoms with Gasteiger partial charge in [0.1, 0.15) is 0 Å². The Morgan fingerprint density at radius 3 is 2.50 bits per heavy atom. The number of rotatable bonds is 5. The molecule has 0 rings (SSSR count). The van der Waals surface area contributed by atoms with Crippen molar-refractivity contribution in [2.45, 2.75) is 19.8 Å². The van der Waals surface area contributed by atoms with Gasteiger partial charge in [0.15, 0.2) is 0 Å². The molecule has 0 aromatic carbocycles. The minimum Gasteiger partial charge on any atom is -0.355 e. The lowest BCUT2D eigenvalue weighted by Gasteiger charge is -2.03. The quantitative estimate of drug-likeness (QED) is 0.438. The van der Waals surface area contributed by atoms with Crippen molar-refractivity contribution in [3.05, 3.63) is 0 Å². The first-order valence-corrected chi connectivity index (χ1v) is 4.35. The molecule has 0 unspecified atom stereocenters. The molecular weight excluding hydrogens is 176 g/mol. The van der Waals surface area contributed by atoms with E-state index in [-0.39, 0.29) is 12.5 Å². The van der Waals surface area contributed by atoms with Gasteiger partial charge in [-0.1, -0.05) is 26.0 Å². The Hall–Kier alpha value is -0.710. The Balaban J connectivity index is 3.28. The van der Waals surface area contributed by atoms with Gasteiger partial charge in [-0.15, -0.1) is 0 Å². The molecule has 2 N–H and O–H groups in total. The third-order valence-electron chi connectivity index (χ3n) is 1.25. The van der Waals surface area contributed by atoms with E-state index in [4.69, 9.17) is 0 Å². The summed E-state index contributed by atoms with van der Waals surface area (Å²) in [6.45, 7) is 2.71. The Morgan fingerprint density at radius 2 is 2.00 bits per heavy atom. The number of carbonyl (C=O) groups is 2. The number of thiol groups is 1. The SMILES string of the molecule is CCCCNC(=O)CNC(=O)S. The van der Waals surface area contributed by atoms with Gasteiger partial charge in [-0.2, -0.15) is 0 Å². The van der Waals surface area contributed by atoms with Crippen LogP contribution in [0.25, 0.3) is 0 Å². The average molecular weight is 190 g/mol. The van der Waals surface area contributed by atoms with Crippen molar-refractivity contribution >= 4 is 23.8 Å². The number of unbranched alkanes of at least 4 members (excludes halogenated alkanes) is 1. The molecule has 0 fully saturated rings. The zero-order valence-electron chi connectivity index (χ0n) is 7.09. The Morgan fingerprint density at radius 1 is 1.33 bits per heavy atom. The molecule has 70 valence electrons. The van der Waals surface area contributed by atoms with Crippen molar-refractivity contribution in [2.75, 3.05) is 13.1 Å². The average Bonchev–Trinajstić information content (AvgIpc) is 2.01. The van der Waals surface area contributed by atoms with Gasteiger partial charge in [0, 0.05) is 6.54 Å². The van der Waals surface area contributed by atoms with Crippen LogP contribution in [0.5, 0.6) is 0 Å².